The largest absolute Gasteiger partial charge is 0.412 e. The molecule has 0 unspecified atom stereocenters. The summed E-state index contributed by atoms with van der Waals surface area (Å²) in [4.78, 5) is 13.3. The van der Waals surface area contributed by atoms with Gasteiger partial charge in [0, 0.05) is 38.1 Å². The third kappa shape index (κ3) is 9.13. The molecule has 7 heteroatoms. The van der Waals surface area contributed by atoms with Gasteiger partial charge in [-0.25, -0.2) is 0 Å². The van der Waals surface area contributed by atoms with E-state index in [0.717, 1.165) is 11.3 Å². The summed E-state index contributed by atoms with van der Waals surface area (Å²) in [6, 6.07) is 21.3. The fraction of sp³-hybridized carbons (Fsp3) is 0.100. The van der Waals surface area contributed by atoms with E-state index >= 15 is 0 Å². The number of carbonyl (C=O) groups is 1. The number of hydrazine groups is 1. The minimum atomic E-state index is 0. The van der Waals surface area contributed by atoms with Crippen molar-refractivity contribution in [2.45, 2.75) is 0 Å². The lowest BCUT2D eigenvalue weighted by atomic mass is 10.1. The molecule has 7 nitrogen and oxygen atoms in total. The molecule has 1 aromatic heterocycles. The summed E-state index contributed by atoms with van der Waals surface area (Å²) in [5.74, 6) is 8.04. The van der Waals surface area contributed by atoms with Crippen LogP contribution in [-0.2, 0) is 0 Å². The molecule has 3 aromatic rings. The number of nitrogens with zero attached hydrogens (tertiary/aromatic N) is 2. The van der Waals surface area contributed by atoms with Crippen LogP contribution in [0.3, 0.4) is 0 Å². The molecule has 0 atom stereocenters. The molecular weight excluding hydrogens is 342 g/mol. The molecule has 0 saturated heterocycles. The normalized spacial score (nSPS) is 9.19. The molecule has 0 aliphatic heterocycles. The van der Waals surface area contributed by atoms with Gasteiger partial charge in [-0.1, -0.05) is 60.7 Å². The van der Waals surface area contributed by atoms with Crippen molar-refractivity contribution in [3.8, 4) is 11.3 Å². The maximum Gasteiger partial charge on any atom is 0.187 e. The van der Waals surface area contributed by atoms with E-state index in [4.69, 9.17) is 0 Å². The summed E-state index contributed by atoms with van der Waals surface area (Å²) in [5, 5.41) is 6.78. The number of aromatic nitrogens is 2. The van der Waals surface area contributed by atoms with E-state index in [1.807, 2.05) is 85.7 Å². The minimum absolute atomic E-state index is 0. The number of nitrogens with one attached hydrogen (secondary N) is 1. The number of carbonyl (C=O) groups excluding carboxylic acids is 1. The van der Waals surface area contributed by atoms with Gasteiger partial charge in [-0.2, -0.15) is 5.10 Å². The Morgan fingerprint density at radius 3 is 2.00 bits per heavy atom. The molecule has 0 fully saturated rings. The Bertz CT molecular complexity index is 758. The monoisotopic (exact) mass is 369 g/mol. The van der Waals surface area contributed by atoms with Crippen molar-refractivity contribution in [2.24, 2.45) is 11.7 Å². The van der Waals surface area contributed by atoms with Crippen LogP contribution in [0.4, 0.5) is 0 Å². The Labute approximate surface area is 159 Å². The Kier molecular flexibility index (Phi) is 12.3. The molecule has 1 heterocycles. The van der Waals surface area contributed by atoms with Gasteiger partial charge in [-0.3, -0.25) is 21.6 Å². The van der Waals surface area contributed by atoms with E-state index in [0.29, 0.717) is 0 Å². The van der Waals surface area contributed by atoms with E-state index in [1.54, 1.807) is 18.5 Å². The van der Waals surface area contributed by atoms with Crippen LogP contribution in [0.5, 0.6) is 0 Å². The summed E-state index contributed by atoms with van der Waals surface area (Å²) in [6.45, 7) is 0. The number of hydrogen-bond donors (Lipinski definition) is 3. The zero-order valence-corrected chi connectivity index (χ0v) is 15.5. The molecule has 0 aliphatic carbocycles. The topological polar surface area (TPSA) is 133 Å². The van der Waals surface area contributed by atoms with Crippen molar-refractivity contribution < 1.29 is 10.3 Å². The van der Waals surface area contributed by atoms with E-state index in [-0.39, 0.29) is 11.3 Å². The number of aromatic amines is 1. The second-order valence-electron chi connectivity index (χ2n) is 5.35. The Morgan fingerprint density at radius 2 is 1.52 bits per heavy atom. The lowest BCUT2D eigenvalue weighted by Gasteiger charge is -2.02. The van der Waals surface area contributed by atoms with Gasteiger partial charge in [0.25, 0.3) is 0 Å². The molecule has 0 radical (unpaired) electrons. The fourth-order valence-electron chi connectivity index (χ4n) is 1.95. The molecule has 0 bridgehead atoms. The summed E-state index contributed by atoms with van der Waals surface area (Å²) in [6.07, 6.45) is 5.06. The van der Waals surface area contributed by atoms with E-state index in [9.17, 15) is 4.79 Å². The first-order valence-electron chi connectivity index (χ1n) is 7.99. The smallest absolute Gasteiger partial charge is 0.187 e. The van der Waals surface area contributed by atoms with Gasteiger partial charge in [0.2, 0.25) is 0 Å². The van der Waals surface area contributed by atoms with E-state index in [1.165, 1.54) is 5.56 Å². The first kappa shape index (κ1) is 23.7. The molecule has 144 valence electrons. The lowest BCUT2D eigenvalue weighted by Crippen LogP contribution is -2.02. The van der Waals surface area contributed by atoms with Gasteiger partial charge in [-0.15, -0.1) is 0 Å². The highest BCUT2D eigenvalue weighted by Gasteiger charge is 1.98. The molecule has 0 spiro atoms. The van der Waals surface area contributed by atoms with Gasteiger partial charge in [-0.05, 0) is 11.6 Å². The zero-order chi connectivity index (χ0) is 19.2. The molecule has 0 amide bonds. The molecule has 27 heavy (non-hydrogen) atoms. The first-order chi connectivity index (χ1) is 12.7. The van der Waals surface area contributed by atoms with Crippen LogP contribution in [0, 0.1) is 0 Å². The van der Waals surface area contributed by atoms with Gasteiger partial charge in [0.1, 0.15) is 0 Å². The van der Waals surface area contributed by atoms with Crippen molar-refractivity contribution in [3.05, 3.63) is 90.8 Å². The summed E-state index contributed by atoms with van der Waals surface area (Å²) < 4.78 is 0. The SMILES string of the molecule is CN(C)/C=C/C(=O)c1ccccc1.NN.O.c1ccc(-c2ccn[nH]2)cc1. The van der Waals surface area contributed by atoms with Crippen molar-refractivity contribution in [1.29, 1.82) is 0 Å². The van der Waals surface area contributed by atoms with Crippen LogP contribution < -0.4 is 11.7 Å². The fourth-order valence-corrected chi connectivity index (χ4v) is 1.95. The second-order valence-corrected chi connectivity index (χ2v) is 5.35. The van der Waals surface area contributed by atoms with Crippen molar-refractivity contribution in [2.75, 3.05) is 14.1 Å². The van der Waals surface area contributed by atoms with E-state index < -0.39 is 0 Å². The lowest BCUT2D eigenvalue weighted by molar-refractivity contribution is 0.104. The molecule has 0 aliphatic rings. The van der Waals surface area contributed by atoms with Gasteiger partial charge in [0.05, 0.1) is 5.69 Å². The molecular formula is C20H27N5O2. The Balaban J connectivity index is 0.000000447. The number of benzene rings is 2. The molecule has 2 aromatic carbocycles. The van der Waals surface area contributed by atoms with Crippen LogP contribution >= 0.6 is 0 Å². The maximum absolute atomic E-state index is 11.4. The highest BCUT2D eigenvalue weighted by atomic mass is 16.1. The summed E-state index contributed by atoms with van der Waals surface area (Å²) in [7, 11) is 3.77. The van der Waals surface area contributed by atoms with Crippen molar-refractivity contribution in [3.63, 3.8) is 0 Å². The highest BCUT2D eigenvalue weighted by molar-refractivity contribution is 6.04. The number of hydrogen-bond acceptors (Lipinski definition) is 5. The predicted octanol–water partition coefficient (Wildman–Crippen LogP) is 2.02. The van der Waals surface area contributed by atoms with Crippen molar-refractivity contribution >= 4 is 5.78 Å². The van der Waals surface area contributed by atoms with Gasteiger partial charge < -0.3 is 10.4 Å². The number of ketones is 1. The number of nitrogens with two attached hydrogens (primary N) is 2. The van der Waals surface area contributed by atoms with Crippen molar-refractivity contribution in [1.82, 2.24) is 15.1 Å². The Hall–Kier alpha value is -3.26. The number of allylic oxidation sites excluding steroid dienone is 1. The van der Waals surface area contributed by atoms with Crippen LogP contribution in [0.25, 0.3) is 11.3 Å². The number of rotatable bonds is 4. The van der Waals surface area contributed by atoms with Crippen LogP contribution in [0.15, 0.2) is 85.2 Å². The Morgan fingerprint density at radius 1 is 0.963 bits per heavy atom. The standard InChI is InChI=1S/C11H13NO.C9H8N2.H4N2.H2O/c1-12(2)9-8-11(13)10-6-4-3-5-7-10;1-2-4-8(5-3-1)9-6-7-10-11-9;1-2;/h3-9H,1-2H3;1-7H,(H,10,11);1-2H2;1H2/b9-8+;;;. The maximum atomic E-state index is 11.4. The van der Waals surface area contributed by atoms with Gasteiger partial charge >= 0.3 is 0 Å². The van der Waals surface area contributed by atoms with Gasteiger partial charge in [0.15, 0.2) is 5.78 Å². The zero-order valence-electron chi connectivity index (χ0n) is 15.5. The third-order valence-corrected chi connectivity index (χ3v) is 3.17. The summed E-state index contributed by atoms with van der Waals surface area (Å²) >= 11 is 0. The average Bonchev–Trinajstić information content (AvgIpc) is 3.24. The first-order valence-corrected chi connectivity index (χ1v) is 7.99. The van der Waals surface area contributed by atoms with Crippen LogP contribution in [0.1, 0.15) is 10.4 Å². The molecule has 7 N–H and O–H groups in total. The average molecular weight is 369 g/mol. The quantitative estimate of drug-likeness (QED) is 0.280. The second kappa shape index (κ2) is 14.0. The molecule has 0 saturated carbocycles. The van der Waals surface area contributed by atoms with Crippen LogP contribution in [-0.4, -0.2) is 40.5 Å². The predicted molar refractivity (Wildman–Crippen MR) is 110 cm³/mol. The van der Waals surface area contributed by atoms with E-state index in [2.05, 4.69) is 21.9 Å². The third-order valence-electron chi connectivity index (χ3n) is 3.17. The van der Waals surface area contributed by atoms with Crippen LogP contribution in [0.2, 0.25) is 0 Å². The number of H-pyrrole nitrogens is 1. The molecule has 3 rings (SSSR count). The minimum Gasteiger partial charge on any atom is -0.412 e. The summed E-state index contributed by atoms with van der Waals surface area (Å²) in [5.41, 5.74) is 2.95. The highest BCUT2D eigenvalue weighted by Crippen LogP contribution is 2.13.